The van der Waals surface area contributed by atoms with Crippen LogP contribution >= 0.6 is 0 Å². The van der Waals surface area contributed by atoms with E-state index in [0.29, 0.717) is 12.5 Å². The summed E-state index contributed by atoms with van der Waals surface area (Å²) in [7, 11) is -1.70. The lowest BCUT2D eigenvalue weighted by Crippen LogP contribution is -2.41. The Morgan fingerprint density at radius 1 is 1.35 bits per heavy atom. The van der Waals surface area contributed by atoms with Crippen molar-refractivity contribution in [3.8, 4) is 0 Å². The van der Waals surface area contributed by atoms with Gasteiger partial charge < -0.3 is 4.43 Å². The molecule has 0 aromatic rings. The summed E-state index contributed by atoms with van der Waals surface area (Å²) in [4.78, 5) is 2.97. The molecule has 0 aliphatic carbocycles. The molecule has 20 heavy (non-hydrogen) atoms. The fourth-order valence-electron chi connectivity index (χ4n) is 1.87. The summed E-state index contributed by atoms with van der Waals surface area (Å²) in [5, 5.41) is 4.14. The van der Waals surface area contributed by atoms with Crippen molar-refractivity contribution in [2.45, 2.75) is 65.2 Å². The van der Waals surface area contributed by atoms with Crippen molar-refractivity contribution in [3.63, 3.8) is 0 Å². The van der Waals surface area contributed by atoms with Crippen LogP contribution in [0.1, 0.15) is 41.0 Å². The summed E-state index contributed by atoms with van der Waals surface area (Å²) in [6.07, 6.45) is 2.76. The van der Waals surface area contributed by atoms with Crippen LogP contribution in [0.2, 0.25) is 18.1 Å². The summed E-state index contributed by atoms with van der Waals surface area (Å²) >= 11 is 0. The van der Waals surface area contributed by atoms with Gasteiger partial charge in [-0.2, -0.15) is 0 Å². The zero-order valence-corrected chi connectivity index (χ0v) is 15.2. The van der Waals surface area contributed by atoms with E-state index in [1.807, 2.05) is 6.08 Å². The molecule has 0 amide bonds. The molecule has 0 heterocycles. The van der Waals surface area contributed by atoms with Crippen molar-refractivity contribution < 1.29 is 4.43 Å². The van der Waals surface area contributed by atoms with Crippen LogP contribution in [-0.4, -0.2) is 21.0 Å². The Hall–Kier alpha value is -0.773. The highest BCUT2D eigenvalue weighted by Gasteiger charge is 2.37. The first kappa shape index (κ1) is 19.2. The molecule has 0 aromatic heterocycles. The molecule has 5 heteroatoms. The minimum Gasteiger partial charge on any atom is -0.417 e. The SMILES string of the molecule is C=C[C@@H](CCO[Si](C)(C)C(C)(C)C)[C@@H](N=[N+]=[N-])C(C)C. The first-order valence-corrected chi connectivity index (χ1v) is 10.3. The fraction of sp³-hybridized carbons (Fsp3) is 0.867. The van der Waals surface area contributed by atoms with Crippen molar-refractivity contribution in [2.24, 2.45) is 17.0 Å². The Morgan fingerprint density at radius 3 is 2.25 bits per heavy atom. The lowest BCUT2D eigenvalue weighted by atomic mass is 9.89. The maximum Gasteiger partial charge on any atom is 0.191 e. The average Bonchev–Trinajstić information content (AvgIpc) is 2.30. The lowest BCUT2D eigenvalue weighted by molar-refractivity contribution is 0.247. The molecule has 0 rings (SSSR count). The van der Waals surface area contributed by atoms with E-state index >= 15 is 0 Å². The minimum absolute atomic E-state index is 0.0412. The van der Waals surface area contributed by atoms with Crippen molar-refractivity contribution >= 4 is 8.32 Å². The van der Waals surface area contributed by atoms with Crippen LogP contribution in [0.3, 0.4) is 0 Å². The third-order valence-electron chi connectivity index (χ3n) is 4.33. The summed E-state index contributed by atoms with van der Waals surface area (Å²) < 4.78 is 6.19. The Morgan fingerprint density at radius 2 is 1.90 bits per heavy atom. The van der Waals surface area contributed by atoms with E-state index in [2.05, 4.69) is 64.3 Å². The Balaban J connectivity index is 4.61. The smallest absolute Gasteiger partial charge is 0.191 e. The molecule has 0 saturated heterocycles. The predicted molar refractivity (Wildman–Crippen MR) is 89.2 cm³/mol. The van der Waals surface area contributed by atoms with E-state index in [9.17, 15) is 0 Å². The van der Waals surface area contributed by atoms with Crippen molar-refractivity contribution in [1.82, 2.24) is 0 Å². The van der Waals surface area contributed by atoms with Crippen LogP contribution in [0.4, 0.5) is 0 Å². The number of rotatable bonds is 8. The molecule has 0 aromatic carbocycles. The van der Waals surface area contributed by atoms with E-state index < -0.39 is 8.32 Å². The van der Waals surface area contributed by atoms with Gasteiger partial charge in [0.2, 0.25) is 0 Å². The van der Waals surface area contributed by atoms with Gasteiger partial charge in [-0.25, -0.2) is 0 Å². The van der Waals surface area contributed by atoms with Gasteiger partial charge >= 0.3 is 0 Å². The second kappa shape index (κ2) is 7.86. The quantitative estimate of drug-likeness (QED) is 0.191. The normalized spacial score (nSPS) is 15.6. The summed E-state index contributed by atoms with van der Waals surface area (Å²) in [5.41, 5.74) is 8.69. The maximum atomic E-state index is 8.69. The summed E-state index contributed by atoms with van der Waals surface area (Å²) in [6, 6.07) is -0.0412. The average molecular weight is 298 g/mol. The zero-order chi connectivity index (χ0) is 16.0. The van der Waals surface area contributed by atoms with Gasteiger partial charge in [0.1, 0.15) is 0 Å². The summed E-state index contributed by atoms with van der Waals surface area (Å²) in [6.45, 7) is 20.0. The van der Waals surface area contributed by atoms with E-state index in [0.717, 1.165) is 6.42 Å². The molecule has 0 saturated carbocycles. The molecule has 4 nitrogen and oxygen atoms in total. The van der Waals surface area contributed by atoms with Crippen molar-refractivity contribution in [3.05, 3.63) is 23.1 Å². The second-order valence-electron chi connectivity index (χ2n) is 7.24. The van der Waals surface area contributed by atoms with E-state index in [-0.39, 0.29) is 17.0 Å². The first-order valence-electron chi connectivity index (χ1n) is 7.37. The molecular weight excluding hydrogens is 266 g/mol. The minimum atomic E-state index is -1.70. The van der Waals surface area contributed by atoms with Gasteiger partial charge in [-0.1, -0.05) is 45.8 Å². The topological polar surface area (TPSA) is 58.0 Å². The van der Waals surface area contributed by atoms with Gasteiger partial charge in [0.15, 0.2) is 8.32 Å². The molecule has 0 unspecified atom stereocenters. The lowest BCUT2D eigenvalue weighted by Gasteiger charge is -2.36. The van der Waals surface area contributed by atoms with E-state index in [4.69, 9.17) is 9.96 Å². The first-order chi connectivity index (χ1) is 9.06. The molecule has 0 N–H and O–H groups in total. The maximum absolute atomic E-state index is 8.69. The Labute approximate surface area is 125 Å². The molecule has 0 bridgehead atoms. The third-order valence-corrected chi connectivity index (χ3v) is 8.87. The Bertz CT molecular complexity index is 355. The number of nitrogens with zero attached hydrogens (tertiary/aromatic N) is 3. The zero-order valence-electron chi connectivity index (χ0n) is 14.2. The van der Waals surface area contributed by atoms with Gasteiger partial charge in [-0.05, 0) is 41.9 Å². The molecule has 0 aliphatic rings. The van der Waals surface area contributed by atoms with Crippen LogP contribution in [0.25, 0.3) is 10.4 Å². The van der Waals surface area contributed by atoms with Crippen LogP contribution < -0.4 is 0 Å². The molecule has 0 spiro atoms. The molecular formula is C15H31N3OSi. The molecule has 0 aliphatic heterocycles. The van der Waals surface area contributed by atoms with Crippen molar-refractivity contribution in [1.29, 1.82) is 0 Å². The summed E-state index contributed by atoms with van der Waals surface area (Å²) in [5.74, 6) is 0.484. The highest BCUT2D eigenvalue weighted by atomic mass is 28.4. The van der Waals surface area contributed by atoms with Gasteiger partial charge in [-0.15, -0.1) is 6.58 Å². The third kappa shape index (κ3) is 5.69. The molecule has 0 radical (unpaired) electrons. The van der Waals surface area contributed by atoms with Crippen LogP contribution in [0, 0.1) is 11.8 Å². The number of hydrogen-bond acceptors (Lipinski definition) is 2. The highest BCUT2D eigenvalue weighted by molar-refractivity contribution is 6.74. The van der Waals surface area contributed by atoms with Gasteiger partial charge in [-0.3, -0.25) is 0 Å². The van der Waals surface area contributed by atoms with Gasteiger partial charge in [0.25, 0.3) is 0 Å². The standard InChI is InChI=1S/C15H31N3OSi/c1-9-13(14(12(2)3)17-18-16)10-11-19-20(7,8)15(4,5)6/h9,12-14H,1,10-11H2,2-8H3/t13-,14-/m0/s1. The molecule has 2 atom stereocenters. The largest absolute Gasteiger partial charge is 0.417 e. The van der Waals surface area contributed by atoms with E-state index in [1.54, 1.807) is 0 Å². The van der Waals surface area contributed by atoms with Gasteiger partial charge in [0.05, 0.1) is 0 Å². The Kier molecular flexibility index (Phi) is 7.56. The molecule has 116 valence electrons. The fourth-order valence-corrected chi connectivity index (χ4v) is 2.93. The molecule has 0 fully saturated rings. The number of azide groups is 1. The van der Waals surface area contributed by atoms with Crippen LogP contribution in [0.5, 0.6) is 0 Å². The predicted octanol–water partition coefficient (Wildman–Crippen LogP) is 5.54. The van der Waals surface area contributed by atoms with E-state index in [1.165, 1.54) is 0 Å². The van der Waals surface area contributed by atoms with Crippen molar-refractivity contribution in [2.75, 3.05) is 6.61 Å². The van der Waals surface area contributed by atoms with Crippen LogP contribution in [0.15, 0.2) is 17.8 Å². The van der Waals surface area contributed by atoms with Gasteiger partial charge in [0, 0.05) is 17.6 Å². The monoisotopic (exact) mass is 297 g/mol. The second-order valence-corrected chi connectivity index (χ2v) is 12.0. The number of hydrogen-bond donors (Lipinski definition) is 0. The highest BCUT2D eigenvalue weighted by Crippen LogP contribution is 2.36. The van der Waals surface area contributed by atoms with Crippen LogP contribution in [-0.2, 0) is 4.43 Å².